The number of amides is 1. The van der Waals surface area contributed by atoms with Gasteiger partial charge in [0.2, 0.25) is 5.95 Å². The van der Waals surface area contributed by atoms with Crippen molar-refractivity contribution >= 4 is 23.4 Å². The minimum atomic E-state index is -0.270. The van der Waals surface area contributed by atoms with E-state index in [1.807, 2.05) is 12.1 Å². The van der Waals surface area contributed by atoms with E-state index in [4.69, 9.17) is 5.73 Å². The zero-order chi connectivity index (χ0) is 16.9. The summed E-state index contributed by atoms with van der Waals surface area (Å²) < 4.78 is 0. The summed E-state index contributed by atoms with van der Waals surface area (Å²) in [6.07, 6.45) is 3.39. The number of benzene rings is 1. The zero-order valence-electron chi connectivity index (χ0n) is 13.0. The van der Waals surface area contributed by atoms with Gasteiger partial charge in [-0.05, 0) is 36.4 Å². The first-order valence-electron chi connectivity index (χ1n) is 7.30. The normalized spacial score (nSPS) is 10.2. The van der Waals surface area contributed by atoms with Gasteiger partial charge in [-0.25, -0.2) is 4.98 Å². The third-order valence-electron chi connectivity index (χ3n) is 3.32. The Hall–Kier alpha value is -3.48. The van der Waals surface area contributed by atoms with Gasteiger partial charge in [-0.2, -0.15) is 4.98 Å². The maximum Gasteiger partial charge on any atom is 0.256 e. The second kappa shape index (κ2) is 6.74. The van der Waals surface area contributed by atoms with Gasteiger partial charge in [-0.1, -0.05) is 0 Å². The molecule has 0 radical (unpaired) electrons. The highest BCUT2D eigenvalue weighted by Crippen LogP contribution is 2.21. The quantitative estimate of drug-likeness (QED) is 0.637. The molecule has 24 heavy (non-hydrogen) atoms. The molecular formula is C17H16N6O. The van der Waals surface area contributed by atoms with Crippen LogP contribution in [0.15, 0.2) is 54.9 Å². The van der Waals surface area contributed by atoms with E-state index in [0.29, 0.717) is 28.7 Å². The minimum Gasteiger partial charge on any atom is -0.399 e. The number of nitrogens with two attached hydrogens (primary N) is 1. The van der Waals surface area contributed by atoms with Crippen LogP contribution in [0, 0.1) is 0 Å². The highest BCUT2D eigenvalue weighted by atomic mass is 16.1. The number of nitrogens with zero attached hydrogens (tertiary/aromatic N) is 3. The molecule has 2 heterocycles. The van der Waals surface area contributed by atoms with Crippen molar-refractivity contribution in [3.8, 4) is 11.3 Å². The van der Waals surface area contributed by atoms with Crippen LogP contribution in [-0.4, -0.2) is 27.9 Å². The molecule has 0 bridgehead atoms. The Morgan fingerprint density at radius 2 is 1.92 bits per heavy atom. The van der Waals surface area contributed by atoms with Crippen molar-refractivity contribution in [2.75, 3.05) is 23.4 Å². The van der Waals surface area contributed by atoms with Crippen LogP contribution in [0.3, 0.4) is 0 Å². The topological polar surface area (TPSA) is 106 Å². The Bertz CT molecular complexity index is 849. The van der Waals surface area contributed by atoms with Gasteiger partial charge in [-0.3, -0.25) is 9.78 Å². The lowest BCUT2D eigenvalue weighted by Gasteiger charge is -2.09. The molecule has 3 rings (SSSR count). The van der Waals surface area contributed by atoms with E-state index in [0.717, 1.165) is 5.56 Å². The second-order valence-corrected chi connectivity index (χ2v) is 5.03. The fraction of sp³-hybridized carbons (Fsp3) is 0.0588. The number of aromatic nitrogens is 3. The van der Waals surface area contributed by atoms with E-state index in [1.165, 1.54) is 0 Å². The SMILES string of the molecule is CNc1nc(NC(=O)c2ccc(N)cc2)cc(-c2cccnc2)n1. The molecule has 0 saturated carbocycles. The molecule has 0 aliphatic carbocycles. The van der Waals surface area contributed by atoms with Gasteiger partial charge in [0, 0.05) is 42.3 Å². The maximum atomic E-state index is 12.3. The minimum absolute atomic E-state index is 0.270. The summed E-state index contributed by atoms with van der Waals surface area (Å²) in [4.78, 5) is 25.1. The molecule has 0 atom stereocenters. The lowest BCUT2D eigenvalue weighted by Crippen LogP contribution is -2.14. The number of hydrogen-bond acceptors (Lipinski definition) is 6. The molecule has 3 aromatic rings. The molecule has 1 amide bonds. The summed E-state index contributed by atoms with van der Waals surface area (Å²) in [6.45, 7) is 0. The molecule has 7 nitrogen and oxygen atoms in total. The third-order valence-corrected chi connectivity index (χ3v) is 3.32. The molecular weight excluding hydrogens is 304 g/mol. The number of carbonyl (C=O) groups excluding carboxylic acids is 1. The fourth-order valence-electron chi connectivity index (χ4n) is 2.11. The highest BCUT2D eigenvalue weighted by molar-refractivity contribution is 6.04. The molecule has 0 spiro atoms. The molecule has 0 aliphatic heterocycles. The first-order valence-corrected chi connectivity index (χ1v) is 7.30. The predicted octanol–water partition coefficient (Wildman–Crippen LogP) is 2.41. The average Bonchev–Trinajstić information content (AvgIpc) is 2.62. The van der Waals surface area contributed by atoms with E-state index >= 15 is 0 Å². The fourth-order valence-corrected chi connectivity index (χ4v) is 2.11. The molecule has 1 aromatic carbocycles. The molecule has 0 aliphatic rings. The molecule has 7 heteroatoms. The first kappa shape index (κ1) is 15.4. The van der Waals surface area contributed by atoms with Crippen LogP contribution < -0.4 is 16.4 Å². The van der Waals surface area contributed by atoms with E-state index in [2.05, 4.69) is 25.6 Å². The third kappa shape index (κ3) is 3.46. The maximum absolute atomic E-state index is 12.3. The standard InChI is InChI=1S/C17H16N6O/c1-19-17-21-14(12-3-2-8-20-10-12)9-15(23-17)22-16(24)11-4-6-13(18)7-5-11/h2-10H,18H2,1H3,(H2,19,21,22,23,24). The van der Waals surface area contributed by atoms with Crippen LogP contribution in [-0.2, 0) is 0 Å². The molecule has 0 saturated heterocycles. The molecule has 4 N–H and O–H groups in total. The van der Waals surface area contributed by atoms with Crippen LogP contribution in [0.1, 0.15) is 10.4 Å². The van der Waals surface area contributed by atoms with E-state index in [1.54, 1.807) is 49.8 Å². The lowest BCUT2D eigenvalue weighted by molar-refractivity contribution is 0.102. The number of anilines is 3. The van der Waals surface area contributed by atoms with Gasteiger partial charge < -0.3 is 16.4 Å². The number of nitrogen functional groups attached to an aromatic ring is 1. The summed E-state index contributed by atoms with van der Waals surface area (Å²) >= 11 is 0. The molecule has 0 fully saturated rings. The van der Waals surface area contributed by atoms with Crippen molar-refractivity contribution in [3.05, 3.63) is 60.4 Å². The summed E-state index contributed by atoms with van der Waals surface area (Å²) in [5, 5.41) is 5.66. The average molecular weight is 320 g/mol. The smallest absolute Gasteiger partial charge is 0.256 e. The summed E-state index contributed by atoms with van der Waals surface area (Å²) in [5.74, 6) is 0.534. The number of carbonyl (C=O) groups is 1. The van der Waals surface area contributed by atoms with Crippen LogP contribution in [0.2, 0.25) is 0 Å². The van der Waals surface area contributed by atoms with Gasteiger partial charge in [0.05, 0.1) is 5.69 Å². The highest BCUT2D eigenvalue weighted by Gasteiger charge is 2.10. The monoisotopic (exact) mass is 320 g/mol. The van der Waals surface area contributed by atoms with Crippen molar-refractivity contribution in [1.82, 2.24) is 15.0 Å². The van der Waals surface area contributed by atoms with Crippen molar-refractivity contribution in [3.63, 3.8) is 0 Å². The van der Waals surface area contributed by atoms with E-state index in [9.17, 15) is 4.79 Å². The van der Waals surface area contributed by atoms with Crippen molar-refractivity contribution < 1.29 is 4.79 Å². The van der Waals surface area contributed by atoms with Gasteiger partial charge in [-0.15, -0.1) is 0 Å². The Labute approximate surface area is 139 Å². The summed E-state index contributed by atoms with van der Waals surface area (Å²) in [7, 11) is 1.72. The number of rotatable bonds is 4. The largest absolute Gasteiger partial charge is 0.399 e. The Kier molecular flexibility index (Phi) is 4.33. The summed E-state index contributed by atoms with van der Waals surface area (Å²) in [6, 6.07) is 12.1. The van der Waals surface area contributed by atoms with E-state index < -0.39 is 0 Å². The van der Waals surface area contributed by atoms with Crippen molar-refractivity contribution in [1.29, 1.82) is 0 Å². The first-order chi connectivity index (χ1) is 11.7. The molecule has 0 unspecified atom stereocenters. The van der Waals surface area contributed by atoms with Crippen LogP contribution in [0.5, 0.6) is 0 Å². The van der Waals surface area contributed by atoms with Gasteiger partial charge >= 0.3 is 0 Å². The second-order valence-electron chi connectivity index (χ2n) is 5.03. The van der Waals surface area contributed by atoms with Crippen molar-refractivity contribution in [2.45, 2.75) is 0 Å². The Morgan fingerprint density at radius 3 is 2.58 bits per heavy atom. The zero-order valence-corrected chi connectivity index (χ0v) is 13.0. The summed E-state index contributed by atoms with van der Waals surface area (Å²) in [5.41, 5.74) is 8.23. The molecule has 120 valence electrons. The van der Waals surface area contributed by atoms with Crippen LogP contribution >= 0.6 is 0 Å². The van der Waals surface area contributed by atoms with Crippen molar-refractivity contribution in [2.24, 2.45) is 0 Å². The number of hydrogen-bond donors (Lipinski definition) is 3. The van der Waals surface area contributed by atoms with E-state index in [-0.39, 0.29) is 5.91 Å². The van der Waals surface area contributed by atoms with Gasteiger partial charge in [0.25, 0.3) is 5.91 Å². The number of nitrogens with one attached hydrogen (secondary N) is 2. The van der Waals surface area contributed by atoms with Gasteiger partial charge in [0.15, 0.2) is 0 Å². The van der Waals surface area contributed by atoms with Crippen LogP contribution in [0.4, 0.5) is 17.5 Å². The lowest BCUT2D eigenvalue weighted by atomic mass is 10.2. The Morgan fingerprint density at radius 1 is 1.12 bits per heavy atom. The Balaban J connectivity index is 1.90. The van der Waals surface area contributed by atoms with Gasteiger partial charge in [0.1, 0.15) is 5.82 Å². The number of pyridine rings is 1. The van der Waals surface area contributed by atoms with Crippen LogP contribution in [0.25, 0.3) is 11.3 Å². The molecule has 2 aromatic heterocycles. The predicted molar refractivity (Wildman–Crippen MR) is 93.6 cm³/mol.